The second kappa shape index (κ2) is 16.8. The number of unbranched alkanes of at least 4 members (excludes halogenated alkanes) is 2. The number of aromatic nitrogens is 2. The Balaban J connectivity index is 0.990. The average molecular weight is 669 g/mol. The predicted molar refractivity (Wildman–Crippen MR) is 198 cm³/mol. The number of allylic oxidation sites excluding steroid dienone is 2. The van der Waals surface area contributed by atoms with Crippen LogP contribution in [0.2, 0.25) is 0 Å². The first-order valence-corrected chi connectivity index (χ1v) is 18.3. The van der Waals surface area contributed by atoms with Gasteiger partial charge in [0.1, 0.15) is 11.6 Å². The van der Waals surface area contributed by atoms with Crippen molar-refractivity contribution >= 4 is 52.6 Å². The number of carbonyl (C=O) groups is 2. The number of anilines is 1. The number of pyridine rings is 1. The van der Waals surface area contributed by atoms with Crippen molar-refractivity contribution in [3.8, 4) is 0 Å². The molecule has 0 atom stereocenters. The van der Waals surface area contributed by atoms with E-state index in [1.807, 2.05) is 24.3 Å². The molecule has 8 nitrogen and oxygen atoms in total. The number of nitrogens with zero attached hydrogens (tertiary/aromatic N) is 4. The fourth-order valence-corrected chi connectivity index (χ4v) is 7.52. The molecule has 0 saturated heterocycles. The van der Waals surface area contributed by atoms with E-state index in [9.17, 15) is 9.59 Å². The fourth-order valence-electron chi connectivity index (χ4n) is 6.34. The lowest BCUT2D eigenvalue weighted by Crippen LogP contribution is -2.51. The summed E-state index contributed by atoms with van der Waals surface area (Å²) in [6, 6.07) is 12.4. The Bertz CT molecular complexity index is 1760. The minimum absolute atomic E-state index is 0.0419. The number of hydrogen-bond donors (Lipinski definition) is 2. The number of para-hydroxylation sites is 1. The van der Waals surface area contributed by atoms with E-state index in [1.165, 1.54) is 31.7 Å². The number of carbonyl (C=O) groups excluding carboxylic acids is 2. The number of amides is 2. The molecule has 2 aliphatic rings. The van der Waals surface area contributed by atoms with E-state index in [-0.39, 0.29) is 11.8 Å². The lowest BCUT2D eigenvalue weighted by molar-refractivity contribution is -0.890. The molecule has 0 unspecified atom stereocenters. The zero-order chi connectivity index (χ0) is 33.9. The number of nitrogens with one attached hydrogen (secondary N) is 2. The summed E-state index contributed by atoms with van der Waals surface area (Å²) >= 11 is 1.88. The largest absolute Gasteiger partial charge is 0.354 e. The third-order valence-corrected chi connectivity index (χ3v) is 10.4. The first-order valence-electron chi connectivity index (χ1n) is 17.5. The van der Waals surface area contributed by atoms with E-state index in [1.54, 1.807) is 12.3 Å². The number of aryl methyl sites for hydroxylation is 1. The highest BCUT2D eigenvalue weighted by Crippen LogP contribution is 2.34. The molecule has 0 saturated carbocycles. The summed E-state index contributed by atoms with van der Waals surface area (Å²) in [5.41, 5.74) is 5.32. The number of rotatable bonds is 16. The zero-order valence-corrected chi connectivity index (χ0v) is 30.0. The van der Waals surface area contributed by atoms with Gasteiger partial charge in [0.05, 0.1) is 32.7 Å². The minimum Gasteiger partial charge on any atom is -0.354 e. The smallest absolute Gasteiger partial charge is 0.263 e. The van der Waals surface area contributed by atoms with Gasteiger partial charge in [-0.1, -0.05) is 42.5 Å². The van der Waals surface area contributed by atoms with Gasteiger partial charge in [0.2, 0.25) is 11.3 Å². The highest BCUT2D eigenvalue weighted by atomic mass is 32.1. The Morgan fingerprint density at radius 1 is 1.00 bits per heavy atom. The van der Waals surface area contributed by atoms with E-state index in [4.69, 9.17) is 0 Å². The van der Waals surface area contributed by atoms with Gasteiger partial charge in [-0.25, -0.2) is 0 Å². The molecular weight excluding hydrogens is 617 g/mol. The molecule has 2 N–H and O–H groups in total. The van der Waals surface area contributed by atoms with Crippen molar-refractivity contribution in [2.75, 3.05) is 51.7 Å². The predicted octanol–water partition coefficient (Wildman–Crippen LogP) is 4.33. The lowest BCUT2D eigenvalue weighted by Gasteiger charge is -2.32. The van der Waals surface area contributed by atoms with Crippen LogP contribution < -0.4 is 30.0 Å². The summed E-state index contributed by atoms with van der Waals surface area (Å²) in [5.74, 6) is -0.126. The van der Waals surface area contributed by atoms with Crippen LogP contribution in [-0.2, 0) is 18.3 Å². The van der Waals surface area contributed by atoms with Crippen LogP contribution in [-0.4, -0.2) is 68.1 Å². The quantitative estimate of drug-likeness (QED) is 0.135. The molecule has 0 fully saturated rings. The van der Waals surface area contributed by atoms with Crippen molar-refractivity contribution in [2.24, 2.45) is 7.05 Å². The molecule has 3 heterocycles. The molecule has 0 radical (unpaired) electrons. The summed E-state index contributed by atoms with van der Waals surface area (Å²) in [6.45, 7) is 6.03. The standard InChI is InChI=1S/C39H50N6O2S/c1-5-32-20-19-31(29-42-32)39(47)41-23-22-40-37(46)18-7-6-12-26-45(3,4)27-13-24-44-25-21-30(33-14-8-9-15-34(33)44)28-38-43(2)35-16-10-11-17-36(35)48-38/h8-9,14-17,19-21,25,28-29H,5-7,10-13,18,22-24,26-27H2,1-4H3/p+2. The van der Waals surface area contributed by atoms with E-state index in [2.05, 4.69) is 101 Å². The Morgan fingerprint density at radius 3 is 2.58 bits per heavy atom. The van der Waals surface area contributed by atoms with Crippen LogP contribution in [0.15, 0.2) is 54.9 Å². The third kappa shape index (κ3) is 9.51. The van der Waals surface area contributed by atoms with E-state index < -0.39 is 0 Å². The van der Waals surface area contributed by atoms with Crippen LogP contribution in [0.3, 0.4) is 0 Å². The van der Waals surface area contributed by atoms with Gasteiger partial charge >= 0.3 is 0 Å². The molecule has 2 aromatic heterocycles. The van der Waals surface area contributed by atoms with Crippen LogP contribution in [0.4, 0.5) is 5.69 Å². The third-order valence-electron chi connectivity index (χ3n) is 9.24. The van der Waals surface area contributed by atoms with Gasteiger partial charge in [-0.3, -0.25) is 14.6 Å². The van der Waals surface area contributed by atoms with Crippen molar-refractivity contribution in [3.63, 3.8) is 0 Å². The number of hydrogen-bond acceptors (Lipinski definition) is 5. The Kier molecular flexibility index (Phi) is 12.4. The van der Waals surface area contributed by atoms with Crippen LogP contribution in [0.1, 0.15) is 78.5 Å². The van der Waals surface area contributed by atoms with Gasteiger partial charge in [-0.05, 0) is 74.4 Å². The van der Waals surface area contributed by atoms with Crippen LogP contribution in [0.25, 0.3) is 23.8 Å². The molecule has 1 aliphatic carbocycles. The topological polar surface area (TPSA) is 78.2 Å². The number of fused-ring (bicyclic) bond motifs is 2. The summed E-state index contributed by atoms with van der Waals surface area (Å²) in [4.78, 5) is 31.2. The molecule has 3 aromatic rings. The minimum atomic E-state index is -0.168. The highest BCUT2D eigenvalue weighted by molar-refractivity contribution is 7.10. The van der Waals surface area contributed by atoms with Crippen molar-refractivity contribution in [3.05, 3.63) is 86.6 Å². The number of thiazole rings is 1. The van der Waals surface area contributed by atoms with Crippen LogP contribution >= 0.6 is 11.3 Å². The van der Waals surface area contributed by atoms with Crippen molar-refractivity contribution in [1.29, 1.82) is 0 Å². The second-order valence-corrected chi connectivity index (χ2v) is 14.5. The molecule has 1 aromatic carbocycles. The Morgan fingerprint density at radius 2 is 1.79 bits per heavy atom. The van der Waals surface area contributed by atoms with Gasteiger partial charge in [0.15, 0.2) is 0 Å². The van der Waals surface area contributed by atoms with Gasteiger partial charge in [-0.2, -0.15) is 4.57 Å². The lowest BCUT2D eigenvalue weighted by atomic mass is 9.99. The Labute approximate surface area is 289 Å². The van der Waals surface area contributed by atoms with E-state index in [0.717, 1.165) is 74.8 Å². The molecule has 1 aliphatic heterocycles. The van der Waals surface area contributed by atoms with Crippen LogP contribution in [0.5, 0.6) is 0 Å². The number of benzene rings is 1. The van der Waals surface area contributed by atoms with Crippen molar-refractivity contribution < 1.29 is 18.6 Å². The first kappa shape index (κ1) is 35.2. The van der Waals surface area contributed by atoms with Gasteiger partial charge in [-0.15, -0.1) is 0 Å². The first-order chi connectivity index (χ1) is 23.2. The fraction of sp³-hybridized carbons (Fsp3) is 0.436. The Hall–Kier alpha value is -4.08. The zero-order valence-electron chi connectivity index (χ0n) is 29.1. The van der Waals surface area contributed by atoms with E-state index in [0.29, 0.717) is 25.1 Å². The second-order valence-electron chi connectivity index (χ2n) is 13.4. The molecular formula is C39H52N6O2S+2. The SMILES string of the molecule is CCc1ccc(C(=O)NCCNC(=O)CCCCC[N+](C)(C)CCCN2C=CC(=Cc3sc4c([n+]3C)=CCCC=4)c3ccccc32)cn1. The normalized spacial score (nSPS) is 14.6. The maximum absolute atomic E-state index is 12.3. The number of quaternary nitrogens is 1. The average Bonchev–Trinajstić information content (AvgIpc) is 3.41. The van der Waals surface area contributed by atoms with Crippen LogP contribution in [0, 0.1) is 0 Å². The van der Waals surface area contributed by atoms with E-state index >= 15 is 0 Å². The van der Waals surface area contributed by atoms with Crippen molar-refractivity contribution in [1.82, 2.24) is 15.6 Å². The van der Waals surface area contributed by atoms with Gasteiger partial charge in [0.25, 0.3) is 10.9 Å². The summed E-state index contributed by atoms with van der Waals surface area (Å²) in [6.07, 6.45) is 20.9. The summed E-state index contributed by atoms with van der Waals surface area (Å²) in [5, 5.41) is 8.39. The monoisotopic (exact) mass is 668 g/mol. The van der Waals surface area contributed by atoms with Gasteiger partial charge in [0, 0.05) is 67.9 Å². The molecule has 0 bridgehead atoms. The molecule has 9 heteroatoms. The summed E-state index contributed by atoms with van der Waals surface area (Å²) < 4.78 is 4.69. The molecule has 254 valence electrons. The summed E-state index contributed by atoms with van der Waals surface area (Å²) in [7, 11) is 6.80. The van der Waals surface area contributed by atoms with Gasteiger partial charge < -0.3 is 20.0 Å². The van der Waals surface area contributed by atoms with Crippen molar-refractivity contribution in [2.45, 2.75) is 58.3 Å². The molecule has 5 rings (SSSR count). The highest BCUT2D eigenvalue weighted by Gasteiger charge is 2.21. The molecule has 48 heavy (non-hydrogen) atoms. The molecule has 2 amide bonds. The molecule has 0 spiro atoms. The maximum Gasteiger partial charge on any atom is 0.263 e. The maximum atomic E-state index is 12.3.